The van der Waals surface area contributed by atoms with Crippen LogP contribution in [-0.4, -0.2) is 23.5 Å². The third kappa shape index (κ3) is 4.42. The minimum atomic E-state index is -0.492. The molecule has 0 spiro atoms. The fourth-order valence-corrected chi connectivity index (χ4v) is 2.94. The van der Waals surface area contributed by atoms with Crippen molar-refractivity contribution in [3.63, 3.8) is 0 Å². The molecule has 1 aliphatic rings. The van der Waals surface area contributed by atoms with E-state index < -0.39 is 4.92 Å². The highest BCUT2D eigenvalue weighted by Gasteiger charge is 2.24. The van der Waals surface area contributed by atoms with Crippen LogP contribution in [0.5, 0.6) is 0 Å². The van der Waals surface area contributed by atoms with Gasteiger partial charge in [-0.25, -0.2) is 4.79 Å². The summed E-state index contributed by atoms with van der Waals surface area (Å²) < 4.78 is 0. The second-order valence-corrected chi connectivity index (χ2v) is 5.65. The Morgan fingerprint density at radius 2 is 2.09 bits per heavy atom. The van der Waals surface area contributed by atoms with Crippen molar-refractivity contribution in [2.75, 3.05) is 11.9 Å². The van der Waals surface area contributed by atoms with Gasteiger partial charge in [-0.3, -0.25) is 10.1 Å². The van der Waals surface area contributed by atoms with E-state index in [-0.39, 0.29) is 17.8 Å². The first-order valence-corrected chi connectivity index (χ1v) is 7.62. The summed E-state index contributed by atoms with van der Waals surface area (Å²) in [4.78, 5) is 22.3. The van der Waals surface area contributed by atoms with Crippen LogP contribution >= 0.6 is 0 Å². The molecule has 0 aromatic heterocycles. The van der Waals surface area contributed by atoms with E-state index in [1.54, 1.807) is 6.07 Å². The number of hydrogen-bond donors (Lipinski definition) is 3. The maximum Gasteiger partial charge on any atom is 0.319 e. The number of benzene rings is 1. The summed E-state index contributed by atoms with van der Waals surface area (Å²) in [6, 6.07) is 5.44. The molecule has 1 aliphatic carbocycles. The van der Waals surface area contributed by atoms with E-state index in [0.29, 0.717) is 18.2 Å². The molecule has 120 valence electrons. The number of amides is 2. The molecule has 0 heterocycles. The average Bonchev–Trinajstić information content (AvgIpc) is 2.53. The van der Waals surface area contributed by atoms with Crippen molar-refractivity contribution in [3.8, 4) is 0 Å². The molecule has 1 saturated carbocycles. The van der Waals surface area contributed by atoms with E-state index >= 15 is 0 Å². The molecule has 1 unspecified atom stereocenters. The zero-order chi connectivity index (χ0) is 15.9. The lowest BCUT2D eigenvalue weighted by Gasteiger charge is -2.30. The Morgan fingerprint density at radius 3 is 2.73 bits per heavy atom. The Morgan fingerprint density at radius 1 is 1.36 bits per heavy atom. The molecule has 0 saturated heterocycles. The highest BCUT2D eigenvalue weighted by molar-refractivity contribution is 5.89. The zero-order valence-electron chi connectivity index (χ0n) is 12.5. The van der Waals surface area contributed by atoms with Crippen LogP contribution in [-0.2, 0) is 0 Å². The van der Waals surface area contributed by atoms with Crippen LogP contribution in [0.4, 0.5) is 16.2 Å². The smallest absolute Gasteiger partial charge is 0.319 e. The molecule has 1 atom stereocenters. The van der Waals surface area contributed by atoms with Gasteiger partial charge in [-0.1, -0.05) is 25.3 Å². The molecule has 7 heteroatoms. The quantitative estimate of drug-likeness (QED) is 0.573. The largest absolute Gasteiger partial charge is 0.334 e. The summed E-state index contributed by atoms with van der Waals surface area (Å²) in [5.41, 5.74) is 6.12. The Labute approximate surface area is 129 Å². The number of urea groups is 1. The molecule has 2 amide bonds. The molecule has 4 N–H and O–H groups in total. The van der Waals surface area contributed by atoms with Crippen LogP contribution in [0.25, 0.3) is 0 Å². The zero-order valence-corrected chi connectivity index (χ0v) is 12.5. The third-order valence-corrected chi connectivity index (χ3v) is 4.10. The highest BCUT2D eigenvalue weighted by Crippen LogP contribution is 2.26. The van der Waals surface area contributed by atoms with Gasteiger partial charge in [0.15, 0.2) is 0 Å². The van der Waals surface area contributed by atoms with E-state index in [1.165, 1.54) is 37.5 Å². The van der Waals surface area contributed by atoms with Gasteiger partial charge in [0.25, 0.3) is 5.69 Å². The topological polar surface area (TPSA) is 110 Å². The average molecular weight is 306 g/mol. The van der Waals surface area contributed by atoms with E-state index in [0.717, 1.165) is 12.8 Å². The molecule has 1 aromatic rings. The van der Waals surface area contributed by atoms with Gasteiger partial charge in [0.05, 0.1) is 4.92 Å². The number of non-ortho nitro benzene ring substituents is 1. The number of anilines is 1. The lowest BCUT2D eigenvalue weighted by Crippen LogP contribution is -2.47. The number of nitro groups is 1. The summed E-state index contributed by atoms with van der Waals surface area (Å²) in [5, 5.41) is 16.2. The highest BCUT2D eigenvalue weighted by atomic mass is 16.6. The van der Waals surface area contributed by atoms with Crippen LogP contribution in [0.3, 0.4) is 0 Å². The number of nitrogens with one attached hydrogen (secondary N) is 2. The fraction of sp³-hybridized carbons (Fsp3) is 0.533. The van der Waals surface area contributed by atoms with E-state index in [4.69, 9.17) is 5.73 Å². The van der Waals surface area contributed by atoms with Crippen molar-refractivity contribution in [2.45, 2.75) is 38.1 Å². The first-order valence-electron chi connectivity index (χ1n) is 7.62. The standard InChI is InChI=1S/C15H22N4O3/c16-10-14(11-5-2-1-3-6-11)18-15(20)17-12-7-4-8-13(9-12)19(21)22/h4,7-9,11,14H,1-3,5-6,10,16H2,(H2,17,18,20). The first kappa shape index (κ1) is 16.2. The molecule has 1 fully saturated rings. The number of rotatable bonds is 5. The molecular weight excluding hydrogens is 284 g/mol. The number of nitro benzene ring substituents is 1. The Bertz CT molecular complexity index is 529. The van der Waals surface area contributed by atoms with Gasteiger partial charge in [0.2, 0.25) is 0 Å². The van der Waals surface area contributed by atoms with E-state index in [1.807, 2.05) is 0 Å². The molecule has 7 nitrogen and oxygen atoms in total. The SMILES string of the molecule is NCC(NC(=O)Nc1cccc([N+](=O)[O-])c1)C1CCCCC1. The van der Waals surface area contributed by atoms with Crippen molar-refractivity contribution in [2.24, 2.45) is 11.7 Å². The number of hydrogen-bond acceptors (Lipinski definition) is 4. The normalized spacial score (nSPS) is 16.8. The lowest BCUT2D eigenvalue weighted by atomic mass is 9.84. The summed E-state index contributed by atoms with van der Waals surface area (Å²) >= 11 is 0. The summed E-state index contributed by atoms with van der Waals surface area (Å²) in [6.45, 7) is 0.396. The molecule has 0 aliphatic heterocycles. The molecule has 0 radical (unpaired) electrons. The van der Waals surface area contributed by atoms with Crippen LogP contribution in [0.2, 0.25) is 0 Å². The van der Waals surface area contributed by atoms with Crippen LogP contribution in [0, 0.1) is 16.0 Å². The van der Waals surface area contributed by atoms with Crippen molar-refractivity contribution in [1.82, 2.24) is 5.32 Å². The number of carbonyl (C=O) groups excluding carboxylic acids is 1. The summed E-state index contributed by atoms with van der Waals surface area (Å²) in [5.74, 6) is 0.412. The maximum atomic E-state index is 12.1. The van der Waals surface area contributed by atoms with Gasteiger partial charge >= 0.3 is 6.03 Å². The Kier molecular flexibility index (Phi) is 5.71. The van der Waals surface area contributed by atoms with Crippen molar-refractivity contribution in [1.29, 1.82) is 0 Å². The second kappa shape index (κ2) is 7.74. The van der Waals surface area contributed by atoms with Crippen molar-refractivity contribution in [3.05, 3.63) is 34.4 Å². The predicted molar refractivity (Wildman–Crippen MR) is 84.7 cm³/mol. The van der Waals surface area contributed by atoms with Gasteiger partial charge in [-0.05, 0) is 24.8 Å². The van der Waals surface area contributed by atoms with Gasteiger partial charge in [0, 0.05) is 30.4 Å². The van der Waals surface area contributed by atoms with Gasteiger partial charge in [-0.15, -0.1) is 0 Å². The Hall–Kier alpha value is -2.15. The first-order chi connectivity index (χ1) is 10.6. The van der Waals surface area contributed by atoms with Crippen LogP contribution < -0.4 is 16.4 Å². The third-order valence-electron chi connectivity index (χ3n) is 4.10. The van der Waals surface area contributed by atoms with E-state index in [9.17, 15) is 14.9 Å². The van der Waals surface area contributed by atoms with Gasteiger partial charge < -0.3 is 16.4 Å². The number of nitrogens with two attached hydrogens (primary N) is 1. The van der Waals surface area contributed by atoms with Crippen LogP contribution in [0.1, 0.15) is 32.1 Å². The van der Waals surface area contributed by atoms with Crippen molar-refractivity contribution >= 4 is 17.4 Å². The van der Waals surface area contributed by atoms with Gasteiger partial charge in [0.1, 0.15) is 0 Å². The minimum absolute atomic E-state index is 0.0551. The van der Waals surface area contributed by atoms with Crippen molar-refractivity contribution < 1.29 is 9.72 Å². The molecule has 1 aromatic carbocycles. The minimum Gasteiger partial charge on any atom is -0.334 e. The lowest BCUT2D eigenvalue weighted by molar-refractivity contribution is -0.384. The summed E-state index contributed by atoms with van der Waals surface area (Å²) in [6.07, 6.45) is 5.76. The van der Waals surface area contributed by atoms with Gasteiger partial charge in [-0.2, -0.15) is 0 Å². The molecular formula is C15H22N4O3. The Balaban J connectivity index is 1.93. The fourth-order valence-electron chi connectivity index (χ4n) is 2.94. The molecule has 2 rings (SSSR count). The maximum absolute atomic E-state index is 12.1. The number of carbonyl (C=O) groups is 1. The predicted octanol–water partition coefficient (Wildman–Crippen LogP) is 2.62. The number of nitrogens with zero attached hydrogens (tertiary/aromatic N) is 1. The monoisotopic (exact) mass is 306 g/mol. The molecule has 22 heavy (non-hydrogen) atoms. The second-order valence-electron chi connectivity index (χ2n) is 5.65. The molecule has 0 bridgehead atoms. The van der Waals surface area contributed by atoms with E-state index in [2.05, 4.69) is 10.6 Å². The van der Waals surface area contributed by atoms with Crippen LogP contribution in [0.15, 0.2) is 24.3 Å². The summed E-state index contributed by atoms with van der Waals surface area (Å²) in [7, 11) is 0.